The van der Waals surface area contributed by atoms with E-state index in [4.69, 9.17) is 5.73 Å². The van der Waals surface area contributed by atoms with Gasteiger partial charge in [-0.1, -0.05) is 0 Å². The Kier molecular flexibility index (Phi) is 4.66. The average Bonchev–Trinajstić information content (AvgIpc) is 2.18. The van der Waals surface area contributed by atoms with Crippen LogP contribution in [-0.2, 0) is 21.1 Å². The summed E-state index contributed by atoms with van der Waals surface area (Å²) in [6.45, 7) is 1.65. The van der Waals surface area contributed by atoms with E-state index >= 15 is 0 Å². The number of hydrogen-bond acceptors (Lipinski definition) is 5. The number of rotatable bonds is 5. The molecule has 1 rings (SSSR count). The van der Waals surface area contributed by atoms with Gasteiger partial charge in [-0.3, -0.25) is 9.78 Å². The summed E-state index contributed by atoms with van der Waals surface area (Å²) in [5.74, 6) is -0.336. The minimum Gasteiger partial charge on any atom is -0.397 e. The molecule has 3 N–H and O–H groups in total. The van der Waals surface area contributed by atoms with Crippen molar-refractivity contribution in [1.29, 1.82) is 0 Å². The summed E-state index contributed by atoms with van der Waals surface area (Å²) in [6, 6.07) is 2.91. The number of carbonyl (C=O) groups is 1. The Labute approximate surface area is 107 Å². The van der Waals surface area contributed by atoms with E-state index in [0.29, 0.717) is 11.4 Å². The van der Waals surface area contributed by atoms with Crippen molar-refractivity contribution in [3.63, 3.8) is 0 Å². The highest BCUT2D eigenvalue weighted by molar-refractivity contribution is 7.90. The molecule has 1 amide bonds. The normalized spacial score (nSPS) is 13.0. The lowest BCUT2D eigenvalue weighted by Gasteiger charge is -2.12. The predicted octanol–water partition coefficient (Wildman–Crippen LogP) is -0.244. The molecule has 0 radical (unpaired) electrons. The Hall–Kier alpha value is -1.63. The first-order valence-corrected chi connectivity index (χ1v) is 7.50. The lowest BCUT2D eigenvalue weighted by Crippen LogP contribution is -2.38. The second-order valence-corrected chi connectivity index (χ2v) is 6.51. The number of hydrogen-bond donors (Lipinski definition) is 2. The van der Waals surface area contributed by atoms with Crippen LogP contribution in [0.15, 0.2) is 18.3 Å². The summed E-state index contributed by atoms with van der Waals surface area (Å²) in [4.78, 5) is 15.6. The van der Waals surface area contributed by atoms with Crippen molar-refractivity contribution in [1.82, 2.24) is 10.3 Å². The molecule has 7 heteroatoms. The standard InChI is InChI=1S/C11H17N3O3S/c1-8(7-18(2,16)17)14-11(15)5-10-4-3-9(12)6-13-10/h3-4,6,8H,5,7,12H2,1-2H3,(H,14,15). The summed E-state index contributed by atoms with van der Waals surface area (Å²) >= 11 is 0. The topological polar surface area (TPSA) is 102 Å². The van der Waals surface area contributed by atoms with Crippen LogP contribution in [-0.4, -0.2) is 37.4 Å². The third-order valence-electron chi connectivity index (χ3n) is 2.15. The average molecular weight is 271 g/mol. The van der Waals surface area contributed by atoms with E-state index in [2.05, 4.69) is 10.3 Å². The highest BCUT2D eigenvalue weighted by Crippen LogP contribution is 2.02. The van der Waals surface area contributed by atoms with E-state index in [9.17, 15) is 13.2 Å². The van der Waals surface area contributed by atoms with Crippen LogP contribution in [0.4, 0.5) is 5.69 Å². The van der Waals surface area contributed by atoms with Crippen molar-refractivity contribution in [3.05, 3.63) is 24.0 Å². The smallest absolute Gasteiger partial charge is 0.226 e. The van der Waals surface area contributed by atoms with Gasteiger partial charge < -0.3 is 11.1 Å². The minimum atomic E-state index is -3.09. The monoisotopic (exact) mass is 271 g/mol. The van der Waals surface area contributed by atoms with Gasteiger partial charge in [0.2, 0.25) is 5.91 Å². The lowest BCUT2D eigenvalue weighted by molar-refractivity contribution is -0.120. The quantitative estimate of drug-likeness (QED) is 0.769. The van der Waals surface area contributed by atoms with Crippen LogP contribution in [0.2, 0.25) is 0 Å². The van der Waals surface area contributed by atoms with Gasteiger partial charge in [0.05, 0.1) is 24.1 Å². The van der Waals surface area contributed by atoms with Gasteiger partial charge in [0, 0.05) is 18.0 Å². The molecule has 1 heterocycles. The predicted molar refractivity (Wildman–Crippen MR) is 69.7 cm³/mol. The lowest BCUT2D eigenvalue weighted by atomic mass is 10.2. The Morgan fingerprint density at radius 2 is 2.17 bits per heavy atom. The molecule has 100 valence electrons. The summed E-state index contributed by atoms with van der Waals surface area (Å²) in [5, 5.41) is 2.61. The Morgan fingerprint density at radius 3 is 2.67 bits per heavy atom. The van der Waals surface area contributed by atoms with Crippen LogP contribution in [0.5, 0.6) is 0 Å². The molecule has 0 saturated carbocycles. The van der Waals surface area contributed by atoms with Crippen molar-refractivity contribution in [2.45, 2.75) is 19.4 Å². The van der Waals surface area contributed by atoms with Gasteiger partial charge in [-0.15, -0.1) is 0 Å². The molecular weight excluding hydrogens is 254 g/mol. The van der Waals surface area contributed by atoms with Gasteiger partial charge in [0.1, 0.15) is 9.84 Å². The first-order chi connectivity index (χ1) is 8.26. The van der Waals surface area contributed by atoms with E-state index in [0.717, 1.165) is 6.26 Å². The number of pyridine rings is 1. The van der Waals surface area contributed by atoms with Crippen LogP contribution in [0.3, 0.4) is 0 Å². The van der Waals surface area contributed by atoms with Crippen LogP contribution < -0.4 is 11.1 Å². The molecule has 6 nitrogen and oxygen atoms in total. The van der Waals surface area contributed by atoms with Gasteiger partial charge in [-0.25, -0.2) is 8.42 Å². The second-order valence-electron chi connectivity index (χ2n) is 4.32. The van der Waals surface area contributed by atoms with E-state index in [1.54, 1.807) is 19.1 Å². The molecule has 0 saturated heterocycles. The molecule has 0 fully saturated rings. The Bertz CT molecular complexity index is 511. The first kappa shape index (κ1) is 14.4. The Morgan fingerprint density at radius 1 is 1.50 bits per heavy atom. The zero-order valence-corrected chi connectivity index (χ0v) is 11.2. The number of sulfone groups is 1. The minimum absolute atomic E-state index is 0.0755. The molecule has 18 heavy (non-hydrogen) atoms. The van der Waals surface area contributed by atoms with Gasteiger partial charge in [-0.2, -0.15) is 0 Å². The van der Waals surface area contributed by atoms with Crippen molar-refractivity contribution < 1.29 is 13.2 Å². The number of nitrogens with zero attached hydrogens (tertiary/aromatic N) is 1. The maximum Gasteiger partial charge on any atom is 0.226 e. The molecule has 0 aliphatic rings. The molecule has 1 aromatic rings. The maximum atomic E-state index is 11.6. The van der Waals surface area contributed by atoms with Gasteiger partial charge in [0.25, 0.3) is 0 Å². The zero-order valence-electron chi connectivity index (χ0n) is 10.4. The van der Waals surface area contributed by atoms with Crippen molar-refractivity contribution in [2.24, 2.45) is 0 Å². The number of nitrogens with two attached hydrogens (primary N) is 1. The maximum absolute atomic E-state index is 11.6. The molecule has 1 unspecified atom stereocenters. The summed E-state index contributed by atoms with van der Waals surface area (Å²) < 4.78 is 22.1. The van der Waals surface area contributed by atoms with E-state index < -0.39 is 15.9 Å². The number of nitrogens with one attached hydrogen (secondary N) is 1. The fourth-order valence-electron chi connectivity index (χ4n) is 1.53. The second kappa shape index (κ2) is 5.81. The van der Waals surface area contributed by atoms with Crippen molar-refractivity contribution in [3.8, 4) is 0 Å². The summed E-state index contributed by atoms with van der Waals surface area (Å²) in [5.41, 5.74) is 6.60. The van der Waals surface area contributed by atoms with Crippen LogP contribution >= 0.6 is 0 Å². The summed E-state index contributed by atoms with van der Waals surface area (Å²) in [6.07, 6.45) is 2.72. The molecule has 0 bridgehead atoms. The number of aromatic nitrogens is 1. The SMILES string of the molecule is CC(CS(C)(=O)=O)NC(=O)Cc1ccc(N)cn1. The number of amides is 1. The fourth-order valence-corrected chi connectivity index (χ4v) is 2.52. The van der Waals surface area contributed by atoms with Crippen LogP contribution in [0, 0.1) is 0 Å². The van der Waals surface area contributed by atoms with Crippen molar-refractivity contribution >= 4 is 21.4 Å². The largest absolute Gasteiger partial charge is 0.397 e. The van der Waals surface area contributed by atoms with Crippen LogP contribution in [0.25, 0.3) is 0 Å². The molecular formula is C11H17N3O3S. The van der Waals surface area contributed by atoms with Gasteiger partial charge in [-0.05, 0) is 19.1 Å². The van der Waals surface area contributed by atoms with Crippen molar-refractivity contribution in [2.75, 3.05) is 17.7 Å². The first-order valence-electron chi connectivity index (χ1n) is 5.44. The van der Waals surface area contributed by atoms with E-state index in [1.807, 2.05) is 0 Å². The molecule has 1 aromatic heterocycles. The number of nitrogen functional groups attached to an aromatic ring is 1. The molecule has 0 aliphatic heterocycles. The summed E-state index contributed by atoms with van der Waals surface area (Å²) in [7, 11) is -3.09. The third-order valence-corrected chi connectivity index (χ3v) is 3.25. The van der Waals surface area contributed by atoms with E-state index in [1.165, 1.54) is 6.20 Å². The highest BCUT2D eigenvalue weighted by Gasteiger charge is 2.13. The van der Waals surface area contributed by atoms with E-state index in [-0.39, 0.29) is 18.1 Å². The van der Waals surface area contributed by atoms with Gasteiger partial charge in [0.15, 0.2) is 0 Å². The van der Waals surface area contributed by atoms with Crippen LogP contribution in [0.1, 0.15) is 12.6 Å². The van der Waals surface area contributed by atoms with Gasteiger partial charge >= 0.3 is 0 Å². The number of carbonyl (C=O) groups excluding carboxylic acids is 1. The zero-order chi connectivity index (χ0) is 13.8. The fraction of sp³-hybridized carbons (Fsp3) is 0.455. The molecule has 0 spiro atoms. The highest BCUT2D eigenvalue weighted by atomic mass is 32.2. The third kappa shape index (κ3) is 5.62. The molecule has 0 aromatic carbocycles. The number of anilines is 1. The Balaban J connectivity index is 2.49. The molecule has 1 atom stereocenters. The molecule has 0 aliphatic carbocycles.